The van der Waals surface area contributed by atoms with Crippen LogP contribution in [0.3, 0.4) is 0 Å². The van der Waals surface area contributed by atoms with Crippen molar-refractivity contribution in [3.8, 4) is 11.3 Å². The Bertz CT molecular complexity index is 710. The van der Waals surface area contributed by atoms with Crippen LogP contribution in [0.4, 0.5) is 0 Å². The molecule has 0 bridgehead atoms. The van der Waals surface area contributed by atoms with E-state index in [-0.39, 0.29) is 12.3 Å². The van der Waals surface area contributed by atoms with Gasteiger partial charge in [-0.1, -0.05) is 24.3 Å². The monoisotopic (exact) mass is 240 g/mol. The number of aromatic amines is 2. The quantitative estimate of drug-likeness (QED) is 0.649. The van der Waals surface area contributed by atoms with Crippen LogP contribution >= 0.6 is 0 Å². The van der Waals surface area contributed by atoms with Crippen molar-refractivity contribution in [3.05, 3.63) is 42.2 Å². The van der Waals surface area contributed by atoms with Gasteiger partial charge in [0.15, 0.2) is 0 Å². The van der Waals surface area contributed by atoms with Crippen LogP contribution in [-0.2, 0) is 11.2 Å². The molecule has 0 saturated carbocycles. The summed E-state index contributed by atoms with van der Waals surface area (Å²) in [6.07, 6.45) is 3.95. The lowest BCUT2D eigenvalue weighted by Crippen LogP contribution is -2.14. The molecule has 5 heteroatoms. The zero-order valence-corrected chi connectivity index (χ0v) is 9.60. The summed E-state index contributed by atoms with van der Waals surface area (Å²) in [6, 6.07) is 7.66. The number of fused-ring (bicyclic) bond motifs is 1. The van der Waals surface area contributed by atoms with Gasteiger partial charge in [-0.25, -0.2) is 0 Å². The zero-order valence-electron chi connectivity index (χ0n) is 9.60. The number of primary amides is 1. The number of nitrogens with two attached hydrogens (primary N) is 1. The second-order valence-corrected chi connectivity index (χ2v) is 4.16. The summed E-state index contributed by atoms with van der Waals surface area (Å²) in [6.45, 7) is 0. The minimum absolute atomic E-state index is 0.217. The van der Waals surface area contributed by atoms with Gasteiger partial charge in [0.05, 0.1) is 11.9 Å². The van der Waals surface area contributed by atoms with E-state index in [1.54, 1.807) is 0 Å². The summed E-state index contributed by atoms with van der Waals surface area (Å²) in [5.41, 5.74) is 8.87. The maximum Gasteiger partial charge on any atom is 0.221 e. The summed E-state index contributed by atoms with van der Waals surface area (Å²) in [5, 5.41) is 8.25. The normalized spacial score (nSPS) is 10.9. The summed E-state index contributed by atoms with van der Waals surface area (Å²) < 4.78 is 0. The third-order valence-corrected chi connectivity index (χ3v) is 2.93. The van der Waals surface area contributed by atoms with Crippen molar-refractivity contribution in [2.75, 3.05) is 0 Å². The molecular weight excluding hydrogens is 228 g/mol. The number of amides is 1. The average molecular weight is 240 g/mol. The minimum Gasteiger partial charge on any atom is -0.369 e. The fourth-order valence-electron chi connectivity index (χ4n) is 2.13. The Kier molecular flexibility index (Phi) is 2.37. The number of aromatic nitrogens is 3. The van der Waals surface area contributed by atoms with Crippen molar-refractivity contribution >= 4 is 16.8 Å². The second-order valence-electron chi connectivity index (χ2n) is 4.16. The molecule has 0 radical (unpaired) electrons. The lowest BCUT2D eigenvalue weighted by Gasteiger charge is -2.05. The molecule has 2 heterocycles. The zero-order chi connectivity index (χ0) is 12.5. The number of rotatable bonds is 3. The summed E-state index contributed by atoms with van der Waals surface area (Å²) in [5.74, 6) is -0.344. The van der Waals surface area contributed by atoms with Crippen LogP contribution in [0.2, 0.25) is 0 Å². The molecule has 2 aromatic heterocycles. The van der Waals surface area contributed by atoms with Crippen LogP contribution in [0.25, 0.3) is 22.2 Å². The van der Waals surface area contributed by atoms with Gasteiger partial charge in [-0.2, -0.15) is 5.10 Å². The number of nitrogens with zero attached hydrogens (tertiary/aromatic N) is 1. The van der Waals surface area contributed by atoms with Crippen molar-refractivity contribution in [2.45, 2.75) is 6.42 Å². The molecule has 3 rings (SSSR count). The van der Waals surface area contributed by atoms with Crippen LogP contribution in [-0.4, -0.2) is 21.1 Å². The summed E-state index contributed by atoms with van der Waals surface area (Å²) in [7, 11) is 0. The third kappa shape index (κ3) is 1.66. The second kappa shape index (κ2) is 4.03. The summed E-state index contributed by atoms with van der Waals surface area (Å²) >= 11 is 0. The van der Waals surface area contributed by atoms with Crippen molar-refractivity contribution in [3.63, 3.8) is 0 Å². The van der Waals surface area contributed by atoms with Gasteiger partial charge in [0.25, 0.3) is 0 Å². The topological polar surface area (TPSA) is 87.6 Å². The molecule has 3 aromatic rings. The highest BCUT2D eigenvalue weighted by atomic mass is 16.1. The highest BCUT2D eigenvalue weighted by molar-refractivity contribution is 5.94. The predicted octanol–water partition coefficient (Wildman–Crippen LogP) is 1.59. The SMILES string of the molecule is NC(=O)Cc1ccccc1-c1n[nH]c2c[nH]cc12. The van der Waals surface area contributed by atoms with E-state index in [1.165, 1.54) is 0 Å². The molecule has 0 aliphatic rings. The van der Waals surface area contributed by atoms with E-state index in [1.807, 2.05) is 36.7 Å². The molecule has 0 unspecified atom stereocenters. The Morgan fingerprint density at radius 1 is 1.28 bits per heavy atom. The standard InChI is InChI=1S/C13H12N4O/c14-12(18)5-8-3-1-2-4-9(8)13-10-6-15-7-11(10)16-17-13/h1-4,6-7,15-16H,5H2,(H2,14,18). The first-order chi connectivity index (χ1) is 8.75. The maximum absolute atomic E-state index is 11.1. The molecule has 0 atom stereocenters. The van der Waals surface area contributed by atoms with Crippen molar-refractivity contribution in [1.29, 1.82) is 0 Å². The van der Waals surface area contributed by atoms with Crippen molar-refractivity contribution in [1.82, 2.24) is 15.2 Å². The number of carbonyl (C=O) groups is 1. The van der Waals surface area contributed by atoms with Crippen LogP contribution < -0.4 is 5.73 Å². The number of carbonyl (C=O) groups excluding carboxylic acids is 1. The fraction of sp³-hybridized carbons (Fsp3) is 0.0769. The lowest BCUT2D eigenvalue weighted by atomic mass is 10.0. The molecule has 0 spiro atoms. The Balaban J connectivity index is 2.17. The minimum atomic E-state index is -0.344. The number of hydrogen-bond acceptors (Lipinski definition) is 2. The molecule has 4 N–H and O–H groups in total. The fourth-order valence-corrected chi connectivity index (χ4v) is 2.13. The first-order valence-corrected chi connectivity index (χ1v) is 5.63. The van der Waals surface area contributed by atoms with Gasteiger partial charge in [0.2, 0.25) is 5.91 Å². The van der Waals surface area contributed by atoms with Crippen molar-refractivity contribution < 1.29 is 4.79 Å². The van der Waals surface area contributed by atoms with Crippen molar-refractivity contribution in [2.24, 2.45) is 5.73 Å². The maximum atomic E-state index is 11.1. The van der Waals surface area contributed by atoms with Crippen LogP contribution in [0, 0.1) is 0 Å². The molecule has 90 valence electrons. The Morgan fingerprint density at radius 3 is 2.94 bits per heavy atom. The van der Waals surface area contributed by atoms with Crippen LogP contribution in [0.1, 0.15) is 5.56 Å². The smallest absolute Gasteiger partial charge is 0.221 e. The van der Waals surface area contributed by atoms with Gasteiger partial charge in [0, 0.05) is 23.3 Å². The van der Waals surface area contributed by atoms with E-state index in [0.29, 0.717) is 0 Å². The van der Waals surface area contributed by atoms with Gasteiger partial charge in [0.1, 0.15) is 5.69 Å². The lowest BCUT2D eigenvalue weighted by molar-refractivity contribution is -0.117. The molecule has 0 saturated heterocycles. The third-order valence-electron chi connectivity index (χ3n) is 2.93. The largest absolute Gasteiger partial charge is 0.369 e. The van der Waals surface area contributed by atoms with E-state index in [9.17, 15) is 4.79 Å². The Morgan fingerprint density at radius 2 is 2.11 bits per heavy atom. The first-order valence-electron chi connectivity index (χ1n) is 5.63. The number of hydrogen-bond donors (Lipinski definition) is 3. The average Bonchev–Trinajstić information content (AvgIpc) is 2.91. The number of H-pyrrole nitrogens is 2. The molecule has 0 fully saturated rings. The Labute approximate surface area is 103 Å². The van der Waals surface area contributed by atoms with E-state index in [0.717, 1.165) is 27.7 Å². The highest BCUT2D eigenvalue weighted by Gasteiger charge is 2.13. The number of benzene rings is 1. The molecule has 5 nitrogen and oxygen atoms in total. The van der Waals surface area contributed by atoms with E-state index < -0.39 is 0 Å². The number of nitrogens with one attached hydrogen (secondary N) is 2. The van der Waals surface area contributed by atoms with Gasteiger partial charge in [-0.05, 0) is 5.56 Å². The predicted molar refractivity (Wildman–Crippen MR) is 68.8 cm³/mol. The highest BCUT2D eigenvalue weighted by Crippen LogP contribution is 2.28. The van der Waals surface area contributed by atoms with Gasteiger partial charge in [-0.3, -0.25) is 9.89 Å². The molecule has 0 aliphatic heterocycles. The van der Waals surface area contributed by atoms with Crippen LogP contribution in [0.5, 0.6) is 0 Å². The molecule has 18 heavy (non-hydrogen) atoms. The van der Waals surface area contributed by atoms with E-state index >= 15 is 0 Å². The molecule has 1 aromatic carbocycles. The summed E-state index contributed by atoms with van der Waals surface area (Å²) in [4.78, 5) is 14.1. The van der Waals surface area contributed by atoms with E-state index in [4.69, 9.17) is 5.73 Å². The van der Waals surface area contributed by atoms with Crippen LogP contribution in [0.15, 0.2) is 36.7 Å². The van der Waals surface area contributed by atoms with Gasteiger partial charge in [-0.15, -0.1) is 0 Å². The molecular formula is C13H12N4O. The Hall–Kier alpha value is -2.56. The van der Waals surface area contributed by atoms with E-state index in [2.05, 4.69) is 15.2 Å². The van der Waals surface area contributed by atoms with Gasteiger partial charge >= 0.3 is 0 Å². The van der Waals surface area contributed by atoms with Gasteiger partial charge < -0.3 is 10.7 Å². The molecule has 1 amide bonds. The molecule has 0 aliphatic carbocycles. The first kappa shape index (κ1) is 10.6.